The van der Waals surface area contributed by atoms with Gasteiger partial charge in [0.2, 0.25) is 10.0 Å². The summed E-state index contributed by atoms with van der Waals surface area (Å²) < 4.78 is 32.2. The van der Waals surface area contributed by atoms with Gasteiger partial charge in [-0.05, 0) is 42.3 Å². The summed E-state index contributed by atoms with van der Waals surface area (Å²) >= 11 is 5.84. The number of rotatable bonds is 7. The summed E-state index contributed by atoms with van der Waals surface area (Å²) in [6, 6.07) is 13.8. The first-order valence-corrected chi connectivity index (χ1v) is 8.84. The molecule has 0 heterocycles. The van der Waals surface area contributed by atoms with Gasteiger partial charge in [-0.3, -0.25) is 0 Å². The first kappa shape index (κ1) is 16.8. The SMILES string of the molecule is CCc1ccc(S(=O)(=O)NCCOc2cccc(Cl)c2)cc1. The summed E-state index contributed by atoms with van der Waals surface area (Å²) in [5.74, 6) is 0.610. The second kappa shape index (κ2) is 7.63. The van der Waals surface area contributed by atoms with E-state index in [0.717, 1.165) is 12.0 Å². The van der Waals surface area contributed by atoms with E-state index in [2.05, 4.69) is 4.72 Å². The molecule has 0 saturated carbocycles. The summed E-state index contributed by atoms with van der Waals surface area (Å²) in [4.78, 5) is 0.257. The van der Waals surface area contributed by atoms with Crippen LogP contribution in [0.1, 0.15) is 12.5 Å². The molecule has 0 aliphatic rings. The molecule has 0 spiro atoms. The van der Waals surface area contributed by atoms with Gasteiger partial charge in [-0.15, -0.1) is 0 Å². The molecule has 2 aromatic carbocycles. The summed E-state index contributed by atoms with van der Waals surface area (Å²) in [7, 11) is -3.50. The van der Waals surface area contributed by atoms with Crippen LogP contribution < -0.4 is 9.46 Å². The number of aryl methyl sites for hydroxylation is 1. The van der Waals surface area contributed by atoms with Crippen LogP contribution >= 0.6 is 11.6 Å². The Morgan fingerprint density at radius 1 is 1.14 bits per heavy atom. The zero-order valence-corrected chi connectivity index (χ0v) is 13.8. The van der Waals surface area contributed by atoms with Gasteiger partial charge >= 0.3 is 0 Å². The molecule has 0 saturated heterocycles. The molecular formula is C16H18ClNO3S. The Bertz CT molecular complexity index is 714. The van der Waals surface area contributed by atoms with E-state index >= 15 is 0 Å². The van der Waals surface area contributed by atoms with Crippen LogP contribution in [-0.2, 0) is 16.4 Å². The van der Waals surface area contributed by atoms with E-state index in [-0.39, 0.29) is 18.0 Å². The lowest BCUT2D eigenvalue weighted by Gasteiger charge is -2.09. The second-order valence-electron chi connectivity index (χ2n) is 4.70. The predicted octanol–water partition coefficient (Wildman–Crippen LogP) is 3.26. The molecule has 4 nitrogen and oxygen atoms in total. The van der Waals surface area contributed by atoms with Crippen LogP contribution in [-0.4, -0.2) is 21.6 Å². The largest absolute Gasteiger partial charge is 0.492 e. The highest BCUT2D eigenvalue weighted by Crippen LogP contribution is 2.17. The number of halogens is 1. The van der Waals surface area contributed by atoms with Crippen molar-refractivity contribution in [3.63, 3.8) is 0 Å². The molecule has 0 radical (unpaired) electrons. The average molecular weight is 340 g/mol. The highest BCUT2D eigenvalue weighted by molar-refractivity contribution is 7.89. The Balaban J connectivity index is 1.87. The van der Waals surface area contributed by atoms with Crippen LogP contribution in [0.15, 0.2) is 53.4 Å². The number of hydrogen-bond donors (Lipinski definition) is 1. The molecular weight excluding hydrogens is 322 g/mol. The molecule has 1 N–H and O–H groups in total. The third-order valence-electron chi connectivity index (χ3n) is 3.10. The first-order valence-electron chi connectivity index (χ1n) is 6.98. The van der Waals surface area contributed by atoms with E-state index in [1.165, 1.54) is 0 Å². The molecule has 6 heteroatoms. The zero-order chi connectivity index (χ0) is 16.0. The third-order valence-corrected chi connectivity index (χ3v) is 4.81. The van der Waals surface area contributed by atoms with Crippen LogP contribution in [0.5, 0.6) is 5.75 Å². The van der Waals surface area contributed by atoms with Gasteiger partial charge in [0.1, 0.15) is 12.4 Å². The van der Waals surface area contributed by atoms with E-state index in [1.54, 1.807) is 36.4 Å². The quantitative estimate of drug-likeness (QED) is 0.788. The van der Waals surface area contributed by atoms with E-state index in [4.69, 9.17) is 16.3 Å². The normalized spacial score (nSPS) is 11.4. The Hall–Kier alpha value is -1.56. The highest BCUT2D eigenvalue weighted by atomic mass is 35.5. The molecule has 0 aliphatic heterocycles. The van der Waals surface area contributed by atoms with Gasteiger partial charge in [0, 0.05) is 11.6 Å². The molecule has 0 aromatic heterocycles. The maximum Gasteiger partial charge on any atom is 0.240 e. The molecule has 2 aromatic rings. The molecule has 0 unspecified atom stereocenters. The van der Waals surface area contributed by atoms with Crippen LogP contribution in [0.3, 0.4) is 0 Å². The van der Waals surface area contributed by atoms with Gasteiger partial charge in [-0.2, -0.15) is 0 Å². The monoisotopic (exact) mass is 339 g/mol. The number of ether oxygens (including phenoxy) is 1. The lowest BCUT2D eigenvalue weighted by atomic mass is 10.2. The van der Waals surface area contributed by atoms with Crippen molar-refractivity contribution >= 4 is 21.6 Å². The molecule has 0 atom stereocenters. The standard InChI is InChI=1S/C16H18ClNO3S/c1-2-13-6-8-16(9-7-13)22(19,20)18-10-11-21-15-5-3-4-14(17)12-15/h3-9,12,18H,2,10-11H2,1H3. The van der Waals surface area contributed by atoms with Crippen LogP contribution in [0.4, 0.5) is 0 Å². The topological polar surface area (TPSA) is 55.4 Å². The summed E-state index contributed by atoms with van der Waals surface area (Å²) in [6.45, 7) is 2.44. The number of benzene rings is 2. The smallest absolute Gasteiger partial charge is 0.240 e. The van der Waals surface area contributed by atoms with E-state index < -0.39 is 10.0 Å². The van der Waals surface area contributed by atoms with Crippen molar-refractivity contribution in [1.29, 1.82) is 0 Å². The van der Waals surface area contributed by atoms with Crippen molar-refractivity contribution in [1.82, 2.24) is 4.72 Å². The Morgan fingerprint density at radius 3 is 2.50 bits per heavy atom. The van der Waals surface area contributed by atoms with Crippen molar-refractivity contribution in [3.05, 3.63) is 59.1 Å². The molecule has 2 rings (SSSR count). The van der Waals surface area contributed by atoms with Crippen molar-refractivity contribution < 1.29 is 13.2 Å². The molecule has 0 amide bonds. The van der Waals surface area contributed by atoms with Gasteiger partial charge in [0.05, 0.1) is 4.90 Å². The zero-order valence-electron chi connectivity index (χ0n) is 12.3. The van der Waals surface area contributed by atoms with Crippen LogP contribution in [0.25, 0.3) is 0 Å². The fraction of sp³-hybridized carbons (Fsp3) is 0.250. The molecule has 0 bridgehead atoms. The Labute approximate surface area is 136 Å². The first-order chi connectivity index (χ1) is 10.5. The van der Waals surface area contributed by atoms with Gasteiger partial charge in [0.25, 0.3) is 0 Å². The van der Waals surface area contributed by atoms with E-state index in [0.29, 0.717) is 10.8 Å². The molecule has 118 valence electrons. The van der Waals surface area contributed by atoms with Crippen LogP contribution in [0, 0.1) is 0 Å². The number of sulfonamides is 1. The molecule has 0 fully saturated rings. The van der Waals surface area contributed by atoms with E-state index in [9.17, 15) is 8.42 Å². The number of nitrogens with one attached hydrogen (secondary N) is 1. The maximum absolute atomic E-state index is 12.1. The second-order valence-corrected chi connectivity index (χ2v) is 6.90. The molecule has 0 aliphatic carbocycles. The summed E-state index contributed by atoms with van der Waals surface area (Å²) in [5.41, 5.74) is 1.10. The van der Waals surface area contributed by atoms with Crippen molar-refractivity contribution in [2.24, 2.45) is 0 Å². The minimum atomic E-state index is -3.50. The van der Waals surface area contributed by atoms with Gasteiger partial charge in [-0.1, -0.05) is 36.7 Å². The van der Waals surface area contributed by atoms with Gasteiger partial charge in [-0.25, -0.2) is 13.1 Å². The Morgan fingerprint density at radius 2 is 1.86 bits per heavy atom. The lowest BCUT2D eigenvalue weighted by molar-refractivity contribution is 0.323. The summed E-state index contributed by atoms with van der Waals surface area (Å²) in [6.07, 6.45) is 0.876. The minimum absolute atomic E-state index is 0.185. The van der Waals surface area contributed by atoms with Gasteiger partial charge in [0.15, 0.2) is 0 Å². The van der Waals surface area contributed by atoms with Crippen molar-refractivity contribution in [2.75, 3.05) is 13.2 Å². The molecule has 22 heavy (non-hydrogen) atoms. The van der Waals surface area contributed by atoms with Crippen molar-refractivity contribution in [2.45, 2.75) is 18.2 Å². The Kier molecular flexibility index (Phi) is 5.83. The highest BCUT2D eigenvalue weighted by Gasteiger charge is 2.12. The average Bonchev–Trinajstić information content (AvgIpc) is 2.52. The predicted molar refractivity (Wildman–Crippen MR) is 88.0 cm³/mol. The van der Waals surface area contributed by atoms with E-state index in [1.807, 2.05) is 19.1 Å². The van der Waals surface area contributed by atoms with Gasteiger partial charge < -0.3 is 4.74 Å². The fourth-order valence-corrected chi connectivity index (χ4v) is 3.08. The van der Waals surface area contributed by atoms with Crippen LogP contribution in [0.2, 0.25) is 5.02 Å². The lowest BCUT2D eigenvalue weighted by Crippen LogP contribution is -2.28. The van der Waals surface area contributed by atoms with Crippen molar-refractivity contribution in [3.8, 4) is 5.75 Å². The fourth-order valence-electron chi connectivity index (χ4n) is 1.89. The summed E-state index contributed by atoms with van der Waals surface area (Å²) in [5, 5.41) is 0.578. The maximum atomic E-state index is 12.1. The number of hydrogen-bond acceptors (Lipinski definition) is 3. The minimum Gasteiger partial charge on any atom is -0.492 e. The third kappa shape index (κ3) is 4.73.